The Hall–Kier alpha value is -1.42. The highest BCUT2D eigenvalue weighted by Crippen LogP contribution is 2.22. The lowest BCUT2D eigenvalue weighted by molar-refractivity contribution is -0.161. The number of carbonyl (C=O) groups excluding carboxylic acids is 1. The minimum atomic E-state index is -1.28. The summed E-state index contributed by atoms with van der Waals surface area (Å²) in [6, 6.07) is 5.51. The molecule has 0 aromatic heterocycles. The molecule has 1 rings (SSSR count). The van der Waals surface area contributed by atoms with E-state index in [0.717, 1.165) is 0 Å². The summed E-state index contributed by atoms with van der Waals surface area (Å²) < 4.78 is 18.0. The van der Waals surface area contributed by atoms with Crippen molar-refractivity contribution >= 4 is 5.97 Å². The highest BCUT2D eigenvalue weighted by Gasteiger charge is 2.34. The van der Waals surface area contributed by atoms with Gasteiger partial charge in [-0.15, -0.1) is 0 Å². The number of hydrogen-bond acceptors (Lipinski definition) is 3. The second-order valence-corrected chi connectivity index (χ2v) is 5.21. The van der Waals surface area contributed by atoms with Gasteiger partial charge >= 0.3 is 5.97 Å². The Balaban J connectivity index is 2.94. The van der Waals surface area contributed by atoms with E-state index in [9.17, 15) is 9.18 Å². The maximum Gasteiger partial charge on any atom is 0.331 e. The van der Waals surface area contributed by atoms with Crippen molar-refractivity contribution in [3.63, 3.8) is 0 Å². The molecule has 0 aliphatic heterocycles. The lowest BCUT2D eigenvalue weighted by Gasteiger charge is -2.28. The van der Waals surface area contributed by atoms with Crippen molar-refractivity contribution in [3.05, 3.63) is 35.6 Å². The van der Waals surface area contributed by atoms with Crippen molar-refractivity contribution in [2.45, 2.75) is 38.8 Å². The summed E-state index contributed by atoms with van der Waals surface area (Å²) in [7, 11) is 0. The first-order chi connectivity index (χ1) is 7.63. The van der Waals surface area contributed by atoms with E-state index in [1.54, 1.807) is 27.7 Å². The Morgan fingerprint density at radius 1 is 1.18 bits per heavy atom. The first-order valence-corrected chi connectivity index (χ1v) is 5.41. The van der Waals surface area contributed by atoms with Gasteiger partial charge < -0.3 is 10.5 Å². The van der Waals surface area contributed by atoms with Crippen molar-refractivity contribution in [2.24, 2.45) is 5.73 Å². The van der Waals surface area contributed by atoms with Crippen molar-refractivity contribution in [1.29, 1.82) is 0 Å². The van der Waals surface area contributed by atoms with Gasteiger partial charge in [-0.1, -0.05) is 12.1 Å². The number of esters is 1. The fourth-order valence-electron chi connectivity index (χ4n) is 1.30. The largest absolute Gasteiger partial charge is 0.458 e. The van der Waals surface area contributed by atoms with Crippen molar-refractivity contribution < 1.29 is 13.9 Å². The van der Waals surface area contributed by atoms with Crippen LogP contribution in [0, 0.1) is 5.82 Å². The Morgan fingerprint density at radius 2 is 1.65 bits per heavy atom. The van der Waals surface area contributed by atoms with Crippen molar-refractivity contribution in [1.82, 2.24) is 0 Å². The molecule has 0 amide bonds. The number of hydrogen-bond donors (Lipinski definition) is 1. The van der Waals surface area contributed by atoms with E-state index in [1.807, 2.05) is 0 Å². The van der Waals surface area contributed by atoms with Crippen LogP contribution in [0.4, 0.5) is 4.39 Å². The molecule has 4 heteroatoms. The number of ether oxygens (including phenoxy) is 1. The molecule has 1 aromatic carbocycles. The molecule has 94 valence electrons. The molecule has 0 bridgehead atoms. The molecule has 0 radical (unpaired) electrons. The third kappa shape index (κ3) is 3.53. The fraction of sp³-hybridized carbons (Fsp3) is 0.462. The van der Waals surface area contributed by atoms with Crippen LogP contribution < -0.4 is 5.73 Å². The molecule has 0 saturated heterocycles. The Kier molecular flexibility index (Phi) is 3.57. The summed E-state index contributed by atoms with van der Waals surface area (Å²) in [6.07, 6.45) is 0. The average Bonchev–Trinajstić information content (AvgIpc) is 2.15. The van der Waals surface area contributed by atoms with Gasteiger partial charge in [0.2, 0.25) is 0 Å². The van der Waals surface area contributed by atoms with E-state index in [4.69, 9.17) is 10.5 Å². The minimum absolute atomic E-state index is 0.367. The zero-order valence-corrected chi connectivity index (χ0v) is 10.6. The summed E-state index contributed by atoms with van der Waals surface area (Å²) in [4.78, 5) is 11.9. The highest BCUT2D eigenvalue weighted by molar-refractivity contribution is 5.82. The van der Waals surface area contributed by atoms with Crippen LogP contribution in [-0.2, 0) is 15.1 Å². The maximum atomic E-state index is 12.8. The van der Waals surface area contributed by atoms with Crippen LogP contribution in [0.25, 0.3) is 0 Å². The first kappa shape index (κ1) is 13.6. The highest BCUT2D eigenvalue weighted by atomic mass is 19.1. The lowest BCUT2D eigenvalue weighted by Crippen LogP contribution is -2.45. The smallest absolute Gasteiger partial charge is 0.331 e. The SMILES string of the molecule is CC(C)(C)OC(=O)C(C)(N)c1ccc(F)cc1. The normalized spacial score (nSPS) is 15.2. The quantitative estimate of drug-likeness (QED) is 0.806. The van der Waals surface area contributed by atoms with E-state index in [0.29, 0.717) is 5.56 Å². The molecule has 17 heavy (non-hydrogen) atoms. The van der Waals surface area contributed by atoms with Crippen LogP contribution in [0.1, 0.15) is 33.3 Å². The first-order valence-electron chi connectivity index (χ1n) is 5.41. The fourth-order valence-corrected chi connectivity index (χ4v) is 1.30. The van der Waals surface area contributed by atoms with Gasteiger partial charge in [0.25, 0.3) is 0 Å². The Labute approximate surface area is 101 Å². The van der Waals surface area contributed by atoms with Gasteiger partial charge in [-0.3, -0.25) is 0 Å². The second kappa shape index (κ2) is 4.45. The molecule has 0 aliphatic rings. The molecular formula is C13H18FNO2. The topological polar surface area (TPSA) is 52.3 Å². The molecule has 0 heterocycles. The predicted molar refractivity (Wildman–Crippen MR) is 63.8 cm³/mol. The zero-order valence-electron chi connectivity index (χ0n) is 10.6. The summed E-state index contributed by atoms with van der Waals surface area (Å²) in [5.41, 5.74) is 4.59. The summed E-state index contributed by atoms with van der Waals surface area (Å²) in [5.74, 6) is -0.898. The molecule has 0 aliphatic carbocycles. The van der Waals surface area contributed by atoms with Gasteiger partial charge in [0, 0.05) is 0 Å². The summed E-state index contributed by atoms with van der Waals surface area (Å²) >= 11 is 0. The van der Waals surface area contributed by atoms with E-state index in [-0.39, 0.29) is 5.82 Å². The molecule has 3 nitrogen and oxygen atoms in total. The predicted octanol–water partition coefficient (Wildman–Crippen LogP) is 2.34. The van der Waals surface area contributed by atoms with Crippen LogP contribution in [0.15, 0.2) is 24.3 Å². The molecule has 1 unspecified atom stereocenters. The van der Waals surface area contributed by atoms with Gasteiger partial charge in [-0.25, -0.2) is 9.18 Å². The van der Waals surface area contributed by atoms with Crippen LogP contribution in [0.5, 0.6) is 0 Å². The van der Waals surface area contributed by atoms with Gasteiger partial charge in [0.1, 0.15) is 17.0 Å². The number of rotatable bonds is 2. The van der Waals surface area contributed by atoms with E-state index in [2.05, 4.69) is 0 Å². The summed E-state index contributed by atoms with van der Waals surface area (Å²) in [6.45, 7) is 6.86. The standard InChI is InChI=1S/C13H18FNO2/c1-12(2,3)17-11(16)13(4,15)9-5-7-10(14)8-6-9/h5-8H,15H2,1-4H3. The van der Waals surface area contributed by atoms with Crippen molar-refractivity contribution in [2.75, 3.05) is 0 Å². The van der Waals surface area contributed by atoms with Crippen LogP contribution in [0.3, 0.4) is 0 Å². The van der Waals surface area contributed by atoms with Crippen molar-refractivity contribution in [3.8, 4) is 0 Å². The molecular weight excluding hydrogens is 221 g/mol. The molecule has 1 aromatic rings. The number of halogens is 1. The molecule has 1 atom stereocenters. The lowest BCUT2D eigenvalue weighted by atomic mass is 9.93. The Morgan fingerprint density at radius 3 is 2.06 bits per heavy atom. The second-order valence-electron chi connectivity index (χ2n) is 5.21. The van der Waals surface area contributed by atoms with Gasteiger partial charge in [-0.05, 0) is 45.4 Å². The molecule has 0 saturated carbocycles. The molecule has 0 fully saturated rings. The van der Waals surface area contributed by atoms with E-state index < -0.39 is 17.1 Å². The Bertz CT molecular complexity index is 404. The van der Waals surface area contributed by atoms with Crippen LogP contribution in [0.2, 0.25) is 0 Å². The van der Waals surface area contributed by atoms with E-state index in [1.165, 1.54) is 24.3 Å². The monoisotopic (exact) mass is 239 g/mol. The maximum absolute atomic E-state index is 12.8. The van der Waals surface area contributed by atoms with Gasteiger partial charge in [0.15, 0.2) is 0 Å². The third-order valence-corrected chi connectivity index (χ3v) is 2.27. The average molecular weight is 239 g/mol. The van der Waals surface area contributed by atoms with Gasteiger partial charge in [0.05, 0.1) is 0 Å². The van der Waals surface area contributed by atoms with Gasteiger partial charge in [-0.2, -0.15) is 0 Å². The summed E-state index contributed by atoms with van der Waals surface area (Å²) in [5, 5.41) is 0. The zero-order chi connectivity index (χ0) is 13.3. The van der Waals surface area contributed by atoms with Crippen LogP contribution in [-0.4, -0.2) is 11.6 Å². The molecule has 2 N–H and O–H groups in total. The number of nitrogens with two attached hydrogens (primary N) is 1. The van der Waals surface area contributed by atoms with Crippen LogP contribution >= 0.6 is 0 Å². The third-order valence-electron chi connectivity index (χ3n) is 2.27. The molecule has 0 spiro atoms. The number of benzene rings is 1. The minimum Gasteiger partial charge on any atom is -0.458 e. The van der Waals surface area contributed by atoms with E-state index >= 15 is 0 Å². The number of carbonyl (C=O) groups is 1.